The number of aromatic nitrogens is 2. The van der Waals surface area contributed by atoms with Crippen LogP contribution >= 0.6 is 0 Å². The quantitative estimate of drug-likeness (QED) is 0.247. The lowest BCUT2D eigenvalue weighted by atomic mass is 10.2. The Hall–Kier alpha value is -4.26. The van der Waals surface area contributed by atoms with Crippen molar-refractivity contribution < 1.29 is 19.0 Å². The molecule has 7 nitrogen and oxygen atoms in total. The van der Waals surface area contributed by atoms with E-state index in [1.54, 1.807) is 38.5 Å². The number of methoxy groups -OCH3 is 2. The summed E-state index contributed by atoms with van der Waals surface area (Å²) in [7, 11) is 3.26. The molecule has 0 fully saturated rings. The third-order valence-electron chi connectivity index (χ3n) is 6.07. The van der Waals surface area contributed by atoms with E-state index in [2.05, 4.69) is 16.0 Å². The average Bonchev–Trinajstić information content (AvgIpc) is 3.29. The third kappa shape index (κ3) is 6.50. The van der Waals surface area contributed by atoms with Crippen molar-refractivity contribution in [1.29, 1.82) is 0 Å². The van der Waals surface area contributed by atoms with Gasteiger partial charge in [0.1, 0.15) is 11.6 Å². The molecule has 0 atom stereocenters. The van der Waals surface area contributed by atoms with E-state index >= 15 is 0 Å². The van der Waals surface area contributed by atoms with Crippen LogP contribution in [0.5, 0.6) is 17.2 Å². The van der Waals surface area contributed by atoms with Crippen molar-refractivity contribution >= 4 is 23.0 Å². The highest BCUT2D eigenvalue weighted by Gasteiger charge is 2.13. The van der Waals surface area contributed by atoms with Gasteiger partial charge in [-0.2, -0.15) is 0 Å². The standard InChI is InChI=1S/C30H33N3O4/c1-4-9-22-12-17-27(28(20-22)36-3)37-19-8-7-18-33-26-11-6-5-10-25(26)32-29(33)21-31-30(34)23-13-15-24(35-2)16-14-23/h4-6,9-17,20H,7-8,18-19,21H2,1-3H3,(H,31,34)/b9-4+. The second kappa shape index (κ2) is 12.6. The lowest BCUT2D eigenvalue weighted by Gasteiger charge is -2.13. The number of amides is 1. The number of benzene rings is 3. The van der Waals surface area contributed by atoms with Gasteiger partial charge in [0.15, 0.2) is 11.5 Å². The van der Waals surface area contributed by atoms with Gasteiger partial charge in [0.05, 0.1) is 38.4 Å². The normalized spacial score (nSPS) is 11.1. The SMILES string of the molecule is C/C=C/c1ccc(OCCCCn2c(CNC(=O)c3ccc(OC)cc3)nc3ccccc32)c(OC)c1. The van der Waals surface area contributed by atoms with Crippen molar-refractivity contribution in [2.75, 3.05) is 20.8 Å². The molecule has 4 rings (SSSR count). The summed E-state index contributed by atoms with van der Waals surface area (Å²) in [6, 6.07) is 21.0. The lowest BCUT2D eigenvalue weighted by Crippen LogP contribution is -2.24. The largest absolute Gasteiger partial charge is 0.497 e. The molecular weight excluding hydrogens is 466 g/mol. The van der Waals surface area contributed by atoms with Crippen LogP contribution in [0, 0.1) is 0 Å². The Morgan fingerprint density at radius 3 is 2.54 bits per heavy atom. The number of hydrogen-bond acceptors (Lipinski definition) is 5. The number of nitrogens with one attached hydrogen (secondary N) is 1. The molecule has 192 valence electrons. The fraction of sp³-hybridized carbons (Fsp3) is 0.267. The van der Waals surface area contributed by atoms with Gasteiger partial charge in [-0.1, -0.05) is 30.4 Å². The molecule has 3 aromatic carbocycles. The molecule has 37 heavy (non-hydrogen) atoms. The highest BCUT2D eigenvalue weighted by molar-refractivity contribution is 5.94. The molecular formula is C30H33N3O4. The van der Waals surface area contributed by atoms with Gasteiger partial charge in [0.25, 0.3) is 5.91 Å². The van der Waals surface area contributed by atoms with Crippen molar-refractivity contribution in [1.82, 2.24) is 14.9 Å². The topological polar surface area (TPSA) is 74.6 Å². The van der Waals surface area contributed by atoms with E-state index in [-0.39, 0.29) is 5.91 Å². The van der Waals surface area contributed by atoms with Crippen LogP contribution in [0.4, 0.5) is 0 Å². The summed E-state index contributed by atoms with van der Waals surface area (Å²) in [4.78, 5) is 17.4. The Kier molecular flexibility index (Phi) is 8.81. The third-order valence-corrected chi connectivity index (χ3v) is 6.07. The van der Waals surface area contributed by atoms with Crippen LogP contribution in [0.2, 0.25) is 0 Å². The van der Waals surface area contributed by atoms with E-state index in [0.717, 1.165) is 53.3 Å². The molecule has 0 bridgehead atoms. The van der Waals surface area contributed by atoms with Crippen LogP contribution in [0.25, 0.3) is 17.1 Å². The monoisotopic (exact) mass is 499 g/mol. The predicted molar refractivity (Wildman–Crippen MR) is 146 cm³/mol. The first-order chi connectivity index (χ1) is 18.1. The number of rotatable bonds is 12. The minimum absolute atomic E-state index is 0.149. The number of unbranched alkanes of at least 4 members (excludes halogenated alkanes) is 1. The van der Waals surface area contributed by atoms with E-state index in [1.807, 2.05) is 55.5 Å². The molecule has 1 heterocycles. The maximum absolute atomic E-state index is 12.7. The van der Waals surface area contributed by atoms with Gasteiger partial charge < -0.3 is 24.1 Å². The molecule has 0 unspecified atom stereocenters. The number of fused-ring (bicyclic) bond motifs is 1. The van der Waals surface area contributed by atoms with Gasteiger partial charge in [0.2, 0.25) is 0 Å². The Balaban J connectivity index is 1.36. The lowest BCUT2D eigenvalue weighted by molar-refractivity contribution is 0.0949. The van der Waals surface area contributed by atoms with E-state index in [1.165, 1.54) is 0 Å². The highest BCUT2D eigenvalue weighted by atomic mass is 16.5. The van der Waals surface area contributed by atoms with Gasteiger partial charge >= 0.3 is 0 Å². The Morgan fingerprint density at radius 1 is 0.973 bits per heavy atom. The number of carbonyl (C=O) groups excluding carboxylic acids is 1. The first-order valence-electron chi connectivity index (χ1n) is 12.4. The van der Waals surface area contributed by atoms with E-state index in [9.17, 15) is 4.79 Å². The number of aryl methyl sites for hydroxylation is 1. The first-order valence-corrected chi connectivity index (χ1v) is 12.4. The van der Waals surface area contributed by atoms with Crippen molar-refractivity contribution in [3.8, 4) is 17.2 Å². The molecule has 1 aromatic heterocycles. The summed E-state index contributed by atoms with van der Waals surface area (Å²) >= 11 is 0. The molecule has 0 saturated carbocycles. The zero-order chi connectivity index (χ0) is 26.0. The zero-order valence-electron chi connectivity index (χ0n) is 21.6. The second-order valence-corrected chi connectivity index (χ2v) is 8.55. The molecule has 4 aromatic rings. The van der Waals surface area contributed by atoms with Gasteiger partial charge in [-0.05, 0) is 73.9 Å². The van der Waals surface area contributed by atoms with Crippen molar-refractivity contribution in [3.63, 3.8) is 0 Å². The summed E-state index contributed by atoms with van der Waals surface area (Å²) in [5.74, 6) is 2.86. The smallest absolute Gasteiger partial charge is 0.251 e. The minimum atomic E-state index is -0.149. The fourth-order valence-electron chi connectivity index (χ4n) is 4.17. The van der Waals surface area contributed by atoms with Gasteiger partial charge in [-0.3, -0.25) is 4.79 Å². The fourth-order valence-corrected chi connectivity index (χ4v) is 4.17. The molecule has 1 amide bonds. The maximum atomic E-state index is 12.7. The summed E-state index contributed by atoms with van der Waals surface area (Å²) < 4.78 is 18.8. The van der Waals surface area contributed by atoms with Crippen molar-refractivity contribution in [2.24, 2.45) is 0 Å². The number of imidazole rings is 1. The van der Waals surface area contributed by atoms with Crippen LogP contribution in [-0.2, 0) is 13.1 Å². The average molecular weight is 500 g/mol. The first kappa shape index (κ1) is 25.8. The minimum Gasteiger partial charge on any atom is -0.497 e. The second-order valence-electron chi connectivity index (χ2n) is 8.55. The molecule has 0 aliphatic heterocycles. The van der Waals surface area contributed by atoms with Crippen LogP contribution in [0.3, 0.4) is 0 Å². The zero-order valence-corrected chi connectivity index (χ0v) is 21.6. The van der Waals surface area contributed by atoms with Gasteiger partial charge in [-0.25, -0.2) is 4.98 Å². The summed E-state index contributed by atoms with van der Waals surface area (Å²) in [5, 5.41) is 3.00. The maximum Gasteiger partial charge on any atom is 0.251 e. The Labute approximate surface area is 217 Å². The molecule has 0 spiro atoms. The number of ether oxygens (including phenoxy) is 3. The van der Waals surface area contributed by atoms with Gasteiger partial charge in [0, 0.05) is 12.1 Å². The summed E-state index contributed by atoms with van der Waals surface area (Å²) in [6.45, 7) is 3.68. The van der Waals surface area contributed by atoms with Crippen molar-refractivity contribution in [2.45, 2.75) is 32.9 Å². The van der Waals surface area contributed by atoms with Crippen LogP contribution in [-0.4, -0.2) is 36.3 Å². The Bertz CT molecular complexity index is 1360. The Morgan fingerprint density at radius 2 is 1.78 bits per heavy atom. The van der Waals surface area contributed by atoms with Crippen LogP contribution < -0.4 is 19.5 Å². The summed E-state index contributed by atoms with van der Waals surface area (Å²) in [5.41, 5.74) is 3.62. The molecule has 1 N–H and O–H groups in total. The number of allylic oxidation sites excluding steroid dienone is 1. The van der Waals surface area contributed by atoms with Gasteiger partial charge in [-0.15, -0.1) is 0 Å². The molecule has 0 aliphatic carbocycles. The van der Waals surface area contributed by atoms with E-state index in [4.69, 9.17) is 19.2 Å². The number of carbonyl (C=O) groups is 1. The number of para-hydroxylation sites is 2. The number of hydrogen-bond donors (Lipinski definition) is 1. The molecule has 0 aliphatic rings. The summed E-state index contributed by atoms with van der Waals surface area (Å²) in [6.07, 6.45) is 5.79. The van der Waals surface area contributed by atoms with Crippen molar-refractivity contribution in [3.05, 3.63) is 89.8 Å². The van der Waals surface area contributed by atoms with E-state index in [0.29, 0.717) is 24.5 Å². The molecule has 0 radical (unpaired) electrons. The molecule has 0 saturated heterocycles. The molecule has 7 heteroatoms. The predicted octanol–water partition coefficient (Wildman–Crippen LogP) is 5.88. The van der Waals surface area contributed by atoms with Crippen LogP contribution in [0.1, 0.15) is 41.5 Å². The highest BCUT2D eigenvalue weighted by Crippen LogP contribution is 2.29. The number of nitrogens with zero attached hydrogens (tertiary/aromatic N) is 2. The van der Waals surface area contributed by atoms with Crippen LogP contribution in [0.15, 0.2) is 72.8 Å². The van der Waals surface area contributed by atoms with E-state index < -0.39 is 0 Å².